The Morgan fingerprint density at radius 2 is 1.68 bits per heavy atom. The molecule has 0 atom stereocenters. The summed E-state index contributed by atoms with van der Waals surface area (Å²) in [6.07, 6.45) is -4.62. The van der Waals surface area contributed by atoms with E-state index < -0.39 is 17.5 Å². The number of thioether (sulfide) groups is 1. The van der Waals surface area contributed by atoms with Crippen LogP contribution < -0.4 is 0 Å². The van der Waals surface area contributed by atoms with Crippen molar-refractivity contribution in [2.75, 3.05) is 0 Å². The van der Waals surface area contributed by atoms with E-state index in [9.17, 15) is 22.0 Å². The van der Waals surface area contributed by atoms with Gasteiger partial charge in [0.15, 0.2) is 0 Å². The molecule has 0 unspecified atom stereocenters. The normalized spacial score (nSPS) is 12.2. The van der Waals surface area contributed by atoms with Crippen molar-refractivity contribution in [1.29, 1.82) is 0 Å². The lowest BCUT2D eigenvalue weighted by molar-refractivity contribution is -0.137. The predicted octanol–water partition coefficient (Wildman–Crippen LogP) is 5.22. The molecule has 0 saturated carbocycles. The standard InChI is InChI=1S/C11H6Cl2F5N3S/c1-4-9(22-10(14)15)20-21(19-4)8-6(12)2-5(3-7(8)13)11(16,17)18/h2-3,10H,1H3. The molecule has 22 heavy (non-hydrogen) atoms. The quantitative estimate of drug-likeness (QED) is 0.542. The Kier molecular flexibility index (Phi) is 4.88. The van der Waals surface area contributed by atoms with E-state index in [-0.39, 0.29) is 38.2 Å². The number of nitrogens with zero attached hydrogens (tertiary/aromatic N) is 3. The molecule has 0 spiro atoms. The fourth-order valence-corrected chi connectivity index (χ4v) is 2.72. The van der Waals surface area contributed by atoms with Gasteiger partial charge in [-0.25, -0.2) is 0 Å². The van der Waals surface area contributed by atoms with Crippen molar-refractivity contribution in [1.82, 2.24) is 15.0 Å². The molecule has 0 bridgehead atoms. The summed E-state index contributed by atoms with van der Waals surface area (Å²) in [5, 5.41) is 6.87. The monoisotopic (exact) mass is 377 g/mol. The molecule has 3 nitrogen and oxygen atoms in total. The van der Waals surface area contributed by atoms with Gasteiger partial charge in [0.1, 0.15) is 10.7 Å². The Morgan fingerprint density at radius 3 is 2.14 bits per heavy atom. The van der Waals surface area contributed by atoms with Crippen molar-refractivity contribution in [2.24, 2.45) is 0 Å². The van der Waals surface area contributed by atoms with Gasteiger partial charge in [-0.1, -0.05) is 23.2 Å². The second-order valence-corrected chi connectivity index (χ2v) is 5.84. The molecule has 0 saturated heterocycles. The number of halogens is 7. The van der Waals surface area contributed by atoms with Crippen molar-refractivity contribution in [3.63, 3.8) is 0 Å². The number of hydrogen-bond acceptors (Lipinski definition) is 3. The third-order valence-electron chi connectivity index (χ3n) is 2.48. The van der Waals surface area contributed by atoms with Gasteiger partial charge in [-0.2, -0.15) is 27.1 Å². The Morgan fingerprint density at radius 1 is 1.14 bits per heavy atom. The molecular formula is C11H6Cl2F5N3S. The maximum atomic E-state index is 12.7. The minimum absolute atomic E-state index is 0.0676. The van der Waals surface area contributed by atoms with Crippen LogP contribution in [0.4, 0.5) is 22.0 Å². The number of hydrogen-bond donors (Lipinski definition) is 0. The fraction of sp³-hybridized carbons (Fsp3) is 0.273. The molecule has 1 aromatic heterocycles. The highest BCUT2D eigenvalue weighted by atomic mass is 35.5. The van der Waals surface area contributed by atoms with Gasteiger partial charge in [-0.05, 0) is 30.8 Å². The summed E-state index contributed by atoms with van der Waals surface area (Å²) in [6.45, 7) is 1.43. The molecule has 120 valence electrons. The molecule has 0 N–H and O–H groups in total. The van der Waals surface area contributed by atoms with Crippen LogP contribution in [0.1, 0.15) is 11.3 Å². The van der Waals surface area contributed by atoms with E-state index in [1.165, 1.54) is 6.92 Å². The summed E-state index contributed by atoms with van der Waals surface area (Å²) in [4.78, 5) is 0.838. The molecule has 0 aliphatic heterocycles. The topological polar surface area (TPSA) is 30.7 Å². The van der Waals surface area contributed by atoms with Crippen LogP contribution >= 0.6 is 35.0 Å². The first kappa shape index (κ1) is 17.3. The summed E-state index contributed by atoms with van der Waals surface area (Å²) in [7, 11) is 0. The highest BCUT2D eigenvalue weighted by Gasteiger charge is 2.32. The summed E-state index contributed by atoms with van der Waals surface area (Å²) in [6, 6.07) is 1.34. The first-order valence-corrected chi connectivity index (χ1v) is 7.18. The number of aryl methyl sites for hydroxylation is 1. The second-order valence-electron chi connectivity index (χ2n) is 4.04. The third kappa shape index (κ3) is 3.64. The highest BCUT2D eigenvalue weighted by molar-refractivity contribution is 7.99. The van der Waals surface area contributed by atoms with Crippen LogP contribution in [-0.4, -0.2) is 20.8 Å². The van der Waals surface area contributed by atoms with Crippen LogP contribution in [0.2, 0.25) is 10.0 Å². The molecule has 0 aliphatic rings. The number of rotatable bonds is 3. The van der Waals surface area contributed by atoms with Crippen molar-refractivity contribution in [2.45, 2.75) is 23.9 Å². The Hall–Kier alpha value is -1.06. The molecule has 0 radical (unpaired) electrons. The zero-order valence-corrected chi connectivity index (χ0v) is 13.0. The average molecular weight is 378 g/mol. The first-order chi connectivity index (χ1) is 10.1. The van der Waals surface area contributed by atoms with Gasteiger partial charge in [-0.15, -0.1) is 9.90 Å². The summed E-state index contributed by atoms with van der Waals surface area (Å²) >= 11 is 11.8. The maximum Gasteiger partial charge on any atom is 0.416 e. The van der Waals surface area contributed by atoms with E-state index in [0.29, 0.717) is 12.1 Å². The number of alkyl halides is 5. The second kappa shape index (κ2) is 6.21. The molecular weight excluding hydrogens is 372 g/mol. The van der Waals surface area contributed by atoms with E-state index in [1.807, 2.05) is 0 Å². The highest BCUT2D eigenvalue weighted by Crippen LogP contribution is 2.37. The summed E-state index contributed by atoms with van der Waals surface area (Å²) in [5.74, 6) is -2.71. The predicted molar refractivity (Wildman–Crippen MR) is 73.0 cm³/mol. The van der Waals surface area contributed by atoms with E-state index in [4.69, 9.17) is 23.2 Å². The minimum Gasteiger partial charge on any atom is -0.198 e. The van der Waals surface area contributed by atoms with Crippen LogP contribution in [0.3, 0.4) is 0 Å². The molecule has 1 aromatic carbocycles. The maximum absolute atomic E-state index is 12.7. The number of benzene rings is 1. The van der Waals surface area contributed by atoms with Crippen LogP contribution in [0.5, 0.6) is 0 Å². The Labute approximate surface area is 135 Å². The molecule has 2 aromatic rings. The fourth-order valence-electron chi connectivity index (χ4n) is 1.58. The average Bonchev–Trinajstić information content (AvgIpc) is 2.67. The van der Waals surface area contributed by atoms with E-state index in [0.717, 1.165) is 4.80 Å². The van der Waals surface area contributed by atoms with Crippen molar-refractivity contribution >= 4 is 35.0 Å². The van der Waals surface area contributed by atoms with Crippen molar-refractivity contribution < 1.29 is 22.0 Å². The minimum atomic E-state index is -4.62. The molecule has 0 amide bonds. The van der Waals surface area contributed by atoms with Gasteiger partial charge in [0.25, 0.3) is 5.76 Å². The molecule has 11 heteroatoms. The van der Waals surface area contributed by atoms with Gasteiger partial charge in [0.05, 0.1) is 21.3 Å². The van der Waals surface area contributed by atoms with Gasteiger partial charge < -0.3 is 0 Å². The zero-order valence-electron chi connectivity index (χ0n) is 10.6. The molecule has 0 fully saturated rings. The van der Waals surface area contributed by atoms with Crippen LogP contribution in [-0.2, 0) is 6.18 Å². The van der Waals surface area contributed by atoms with Crippen LogP contribution in [0, 0.1) is 6.92 Å². The van der Waals surface area contributed by atoms with Gasteiger partial charge in [-0.3, -0.25) is 0 Å². The van der Waals surface area contributed by atoms with E-state index in [2.05, 4.69) is 10.2 Å². The Balaban J connectivity index is 2.50. The first-order valence-electron chi connectivity index (χ1n) is 5.55. The lowest BCUT2D eigenvalue weighted by Crippen LogP contribution is -2.08. The van der Waals surface area contributed by atoms with E-state index in [1.54, 1.807) is 0 Å². The van der Waals surface area contributed by atoms with Crippen molar-refractivity contribution in [3.8, 4) is 5.69 Å². The lowest BCUT2D eigenvalue weighted by Gasteiger charge is -2.11. The zero-order chi connectivity index (χ0) is 16.7. The smallest absolute Gasteiger partial charge is 0.198 e. The third-order valence-corrected chi connectivity index (χ3v) is 3.84. The van der Waals surface area contributed by atoms with Crippen LogP contribution in [0.25, 0.3) is 5.69 Å². The van der Waals surface area contributed by atoms with Gasteiger partial charge in [0.2, 0.25) is 0 Å². The molecule has 2 rings (SSSR count). The molecule has 0 aliphatic carbocycles. The lowest BCUT2D eigenvalue weighted by atomic mass is 10.2. The van der Waals surface area contributed by atoms with Crippen molar-refractivity contribution in [3.05, 3.63) is 33.4 Å². The molecule has 1 heterocycles. The number of aromatic nitrogens is 3. The summed E-state index contributed by atoms with van der Waals surface area (Å²) < 4.78 is 62.7. The van der Waals surface area contributed by atoms with E-state index >= 15 is 0 Å². The van der Waals surface area contributed by atoms with Gasteiger partial charge in [0, 0.05) is 0 Å². The Bertz CT molecular complexity index is 679. The largest absolute Gasteiger partial charge is 0.416 e. The van der Waals surface area contributed by atoms with Gasteiger partial charge >= 0.3 is 6.18 Å². The van der Waals surface area contributed by atoms with Crippen LogP contribution in [0.15, 0.2) is 17.2 Å². The summed E-state index contributed by atoms with van der Waals surface area (Å²) in [5.41, 5.74) is -0.963. The SMILES string of the molecule is Cc1nn(-c2c(Cl)cc(C(F)(F)F)cc2Cl)nc1SC(F)F.